The monoisotopic (exact) mass is 226 g/mol. The van der Waals surface area contributed by atoms with Crippen LogP contribution in [0.15, 0.2) is 0 Å². The van der Waals surface area contributed by atoms with Crippen molar-refractivity contribution in [2.75, 3.05) is 19.6 Å². The van der Waals surface area contributed by atoms with Crippen LogP contribution in [0, 0.1) is 11.8 Å². The molecule has 0 saturated heterocycles. The minimum Gasteiger partial charge on any atom is -0.354 e. The molecule has 94 valence electrons. The molecule has 0 radical (unpaired) electrons. The summed E-state index contributed by atoms with van der Waals surface area (Å²) < 4.78 is 0. The molecule has 3 nitrogen and oxygen atoms in total. The first-order valence-corrected chi connectivity index (χ1v) is 6.61. The number of carbonyl (C=O) groups excluding carboxylic acids is 1. The van der Waals surface area contributed by atoms with Gasteiger partial charge in [0.05, 0.1) is 0 Å². The highest BCUT2D eigenvalue weighted by atomic mass is 16.1. The number of likely N-dealkylation sites (N-methyl/N-ethyl adjacent to an activating group) is 1. The molecule has 1 aliphatic rings. The molecule has 2 unspecified atom stereocenters. The van der Waals surface area contributed by atoms with Crippen molar-refractivity contribution >= 4 is 5.91 Å². The van der Waals surface area contributed by atoms with E-state index in [9.17, 15) is 4.79 Å². The van der Waals surface area contributed by atoms with Gasteiger partial charge in [-0.1, -0.05) is 20.8 Å². The molecule has 1 fully saturated rings. The van der Waals surface area contributed by atoms with Crippen LogP contribution in [0.1, 0.15) is 40.5 Å². The smallest absolute Gasteiger partial charge is 0.223 e. The third kappa shape index (κ3) is 3.78. The summed E-state index contributed by atoms with van der Waals surface area (Å²) in [6.07, 6.45) is 2.47. The lowest BCUT2D eigenvalue weighted by Gasteiger charge is -2.26. The summed E-state index contributed by atoms with van der Waals surface area (Å²) in [5.41, 5.74) is 0. The number of carbonyl (C=O) groups is 1. The molecular formula is C13H26N2O. The number of hydrogen-bond acceptors (Lipinski definition) is 2. The lowest BCUT2D eigenvalue weighted by molar-refractivity contribution is -0.125. The van der Waals surface area contributed by atoms with Crippen molar-refractivity contribution in [3.05, 3.63) is 0 Å². The van der Waals surface area contributed by atoms with Crippen LogP contribution in [-0.2, 0) is 4.79 Å². The number of nitrogens with one attached hydrogen (secondary N) is 1. The Morgan fingerprint density at radius 3 is 2.31 bits per heavy atom. The molecule has 0 bridgehead atoms. The van der Waals surface area contributed by atoms with Crippen LogP contribution < -0.4 is 5.32 Å². The molecule has 1 saturated carbocycles. The molecule has 0 heterocycles. The summed E-state index contributed by atoms with van der Waals surface area (Å²) >= 11 is 0. The topological polar surface area (TPSA) is 32.3 Å². The van der Waals surface area contributed by atoms with Crippen LogP contribution >= 0.6 is 0 Å². The number of hydrogen-bond donors (Lipinski definition) is 1. The quantitative estimate of drug-likeness (QED) is 0.719. The third-order valence-corrected chi connectivity index (χ3v) is 3.75. The second-order valence-corrected chi connectivity index (χ2v) is 4.94. The van der Waals surface area contributed by atoms with Crippen LogP contribution in [-0.4, -0.2) is 36.5 Å². The summed E-state index contributed by atoms with van der Waals surface area (Å²) in [5, 5.41) is 3.07. The molecule has 16 heavy (non-hydrogen) atoms. The minimum absolute atomic E-state index is 0.212. The Bertz CT molecular complexity index is 222. The van der Waals surface area contributed by atoms with E-state index in [4.69, 9.17) is 0 Å². The summed E-state index contributed by atoms with van der Waals surface area (Å²) in [7, 11) is 0. The minimum atomic E-state index is 0.212. The predicted molar refractivity (Wildman–Crippen MR) is 67.3 cm³/mol. The van der Waals surface area contributed by atoms with E-state index in [0.29, 0.717) is 12.0 Å². The molecule has 0 aromatic rings. The Morgan fingerprint density at radius 1 is 1.31 bits per heavy atom. The highest BCUT2D eigenvalue weighted by molar-refractivity contribution is 5.78. The molecule has 2 atom stereocenters. The van der Waals surface area contributed by atoms with E-state index in [2.05, 4.69) is 37.9 Å². The molecule has 1 aliphatic carbocycles. The van der Waals surface area contributed by atoms with Crippen LogP contribution in [0.3, 0.4) is 0 Å². The highest BCUT2D eigenvalue weighted by Gasteiger charge is 2.32. The van der Waals surface area contributed by atoms with Gasteiger partial charge in [-0.05, 0) is 38.8 Å². The van der Waals surface area contributed by atoms with Crippen molar-refractivity contribution in [2.24, 2.45) is 11.8 Å². The van der Waals surface area contributed by atoms with E-state index >= 15 is 0 Å². The molecule has 1 N–H and O–H groups in total. The normalized spacial score (nSPS) is 19.6. The fraction of sp³-hybridized carbons (Fsp3) is 0.923. The van der Waals surface area contributed by atoms with Crippen LogP contribution in [0.4, 0.5) is 0 Å². The number of amides is 1. The second-order valence-electron chi connectivity index (χ2n) is 4.94. The number of rotatable bonds is 7. The second kappa shape index (κ2) is 6.24. The van der Waals surface area contributed by atoms with Gasteiger partial charge in [-0.25, -0.2) is 0 Å². The molecule has 0 aromatic heterocycles. The fourth-order valence-corrected chi connectivity index (χ4v) is 2.20. The third-order valence-electron chi connectivity index (χ3n) is 3.75. The van der Waals surface area contributed by atoms with Gasteiger partial charge in [0.2, 0.25) is 5.91 Å². The van der Waals surface area contributed by atoms with Gasteiger partial charge in [0.1, 0.15) is 0 Å². The van der Waals surface area contributed by atoms with E-state index in [0.717, 1.165) is 19.6 Å². The molecular weight excluding hydrogens is 200 g/mol. The first-order chi connectivity index (χ1) is 7.60. The van der Waals surface area contributed by atoms with Gasteiger partial charge in [0.25, 0.3) is 0 Å². The van der Waals surface area contributed by atoms with Crippen molar-refractivity contribution in [3.8, 4) is 0 Å². The molecule has 0 aromatic carbocycles. The lowest BCUT2D eigenvalue weighted by Crippen LogP contribution is -2.43. The van der Waals surface area contributed by atoms with Gasteiger partial charge < -0.3 is 5.32 Å². The SMILES string of the molecule is CCN(CC)C(C)CNC(=O)C(C)C1CC1. The Labute approximate surface area is 99.6 Å². The van der Waals surface area contributed by atoms with E-state index < -0.39 is 0 Å². The van der Waals surface area contributed by atoms with E-state index in [-0.39, 0.29) is 11.8 Å². The standard InChI is InChI=1S/C13H26N2O/c1-5-15(6-2)10(3)9-14-13(16)11(4)12-7-8-12/h10-12H,5-9H2,1-4H3,(H,14,16). The largest absolute Gasteiger partial charge is 0.354 e. The first kappa shape index (κ1) is 13.5. The first-order valence-electron chi connectivity index (χ1n) is 6.61. The van der Waals surface area contributed by atoms with Crippen molar-refractivity contribution in [1.82, 2.24) is 10.2 Å². The number of nitrogens with zero attached hydrogens (tertiary/aromatic N) is 1. The Hall–Kier alpha value is -0.570. The molecule has 3 heteroatoms. The predicted octanol–water partition coefficient (Wildman–Crippen LogP) is 1.88. The molecule has 0 aliphatic heterocycles. The van der Waals surface area contributed by atoms with Crippen molar-refractivity contribution in [2.45, 2.75) is 46.6 Å². The van der Waals surface area contributed by atoms with Gasteiger partial charge in [-0.2, -0.15) is 0 Å². The Morgan fingerprint density at radius 2 is 1.88 bits per heavy atom. The van der Waals surface area contributed by atoms with Gasteiger partial charge >= 0.3 is 0 Å². The molecule has 1 amide bonds. The van der Waals surface area contributed by atoms with Gasteiger partial charge in [-0.15, -0.1) is 0 Å². The zero-order valence-electron chi connectivity index (χ0n) is 11.1. The average Bonchev–Trinajstić information content (AvgIpc) is 3.10. The van der Waals surface area contributed by atoms with Crippen LogP contribution in [0.25, 0.3) is 0 Å². The van der Waals surface area contributed by atoms with E-state index in [1.54, 1.807) is 0 Å². The van der Waals surface area contributed by atoms with E-state index in [1.165, 1.54) is 12.8 Å². The van der Waals surface area contributed by atoms with E-state index in [1.807, 2.05) is 0 Å². The highest BCUT2D eigenvalue weighted by Crippen LogP contribution is 2.36. The maximum atomic E-state index is 11.8. The van der Waals surface area contributed by atoms with Gasteiger partial charge in [0, 0.05) is 18.5 Å². The zero-order chi connectivity index (χ0) is 12.1. The maximum absolute atomic E-state index is 11.8. The van der Waals surface area contributed by atoms with Gasteiger partial charge in [-0.3, -0.25) is 9.69 Å². The van der Waals surface area contributed by atoms with Crippen LogP contribution in [0.2, 0.25) is 0 Å². The van der Waals surface area contributed by atoms with Gasteiger partial charge in [0.15, 0.2) is 0 Å². The lowest BCUT2D eigenvalue weighted by atomic mass is 10.1. The fourth-order valence-electron chi connectivity index (χ4n) is 2.20. The molecule has 1 rings (SSSR count). The van der Waals surface area contributed by atoms with Crippen molar-refractivity contribution < 1.29 is 4.79 Å². The van der Waals surface area contributed by atoms with Crippen molar-refractivity contribution in [3.63, 3.8) is 0 Å². The van der Waals surface area contributed by atoms with Crippen molar-refractivity contribution in [1.29, 1.82) is 0 Å². The van der Waals surface area contributed by atoms with Crippen LogP contribution in [0.5, 0.6) is 0 Å². The summed E-state index contributed by atoms with van der Waals surface area (Å²) in [6.45, 7) is 11.4. The summed E-state index contributed by atoms with van der Waals surface area (Å²) in [4.78, 5) is 14.2. The summed E-state index contributed by atoms with van der Waals surface area (Å²) in [5.74, 6) is 1.11. The summed E-state index contributed by atoms with van der Waals surface area (Å²) in [6, 6.07) is 0.436. The average molecular weight is 226 g/mol. The Kier molecular flexibility index (Phi) is 5.26. The zero-order valence-corrected chi connectivity index (χ0v) is 11.1. The molecule has 0 spiro atoms. The maximum Gasteiger partial charge on any atom is 0.223 e. The Balaban J connectivity index is 2.24.